The molecule has 0 saturated heterocycles. The van der Waals surface area contributed by atoms with Crippen LogP contribution in [0.4, 0.5) is 0 Å². The Hall–Kier alpha value is -3.64. The van der Waals surface area contributed by atoms with Crippen molar-refractivity contribution in [3.05, 3.63) is 114 Å². The first-order valence-corrected chi connectivity index (χ1v) is 10.7. The molecular weight excluding hydrogens is 402 g/mol. The van der Waals surface area contributed by atoms with Gasteiger partial charge < -0.3 is 14.2 Å². The molecule has 0 radical (unpaired) electrons. The van der Waals surface area contributed by atoms with Gasteiger partial charge in [0.05, 0.1) is 25.4 Å². The first-order chi connectivity index (χ1) is 15.6. The second-order valence-electron chi connectivity index (χ2n) is 7.80. The van der Waals surface area contributed by atoms with Crippen LogP contribution in [0.25, 0.3) is 0 Å². The molecule has 0 spiro atoms. The number of rotatable bonds is 9. The van der Waals surface area contributed by atoms with Crippen molar-refractivity contribution in [2.24, 2.45) is 0 Å². The quantitative estimate of drug-likeness (QED) is 0.379. The Labute approximate surface area is 187 Å². The molecule has 0 aliphatic carbocycles. The van der Waals surface area contributed by atoms with Gasteiger partial charge in [-0.3, -0.25) is 9.69 Å². The molecule has 0 aliphatic rings. The highest BCUT2D eigenvalue weighted by Gasteiger charge is 2.21. The highest BCUT2D eigenvalue weighted by Crippen LogP contribution is 2.24. The average Bonchev–Trinajstić information content (AvgIpc) is 3.52. The zero-order valence-electron chi connectivity index (χ0n) is 18.3. The molecule has 0 fully saturated rings. The highest BCUT2D eigenvalue weighted by molar-refractivity contribution is 5.92. The van der Waals surface area contributed by atoms with E-state index in [-0.39, 0.29) is 23.7 Å². The van der Waals surface area contributed by atoms with E-state index in [1.54, 1.807) is 6.26 Å². The van der Waals surface area contributed by atoms with Crippen molar-refractivity contribution >= 4 is 5.91 Å². The Bertz CT molecular complexity index is 1110. The van der Waals surface area contributed by atoms with Crippen molar-refractivity contribution in [1.82, 2.24) is 15.2 Å². The standard InChI is InChI=1S/C26H27N3O3/c1-19(21-10-5-3-6-11-21)27-26(30)24-18-32-25(28-24)17-29(16-23-14-9-15-31-23)20(2)22-12-7-4-8-13-22/h3-15,18-20H,16-17H2,1-2H3,(H,27,30). The molecule has 2 heterocycles. The van der Waals surface area contributed by atoms with E-state index in [1.807, 2.05) is 67.6 Å². The van der Waals surface area contributed by atoms with E-state index in [0.29, 0.717) is 19.0 Å². The molecule has 6 nitrogen and oxygen atoms in total. The molecule has 1 N–H and O–H groups in total. The topological polar surface area (TPSA) is 71.5 Å². The SMILES string of the molecule is CC(NC(=O)c1coc(CN(Cc2ccco2)C(C)c2ccccc2)n1)c1ccccc1. The Balaban J connectivity index is 1.46. The fourth-order valence-electron chi connectivity index (χ4n) is 3.63. The van der Waals surface area contributed by atoms with Crippen LogP contribution in [0.5, 0.6) is 0 Å². The van der Waals surface area contributed by atoms with Gasteiger partial charge in [0.15, 0.2) is 5.69 Å². The molecule has 164 valence electrons. The third-order valence-corrected chi connectivity index (χ3v) is 5.54. The third-order valence-electron chi connectivity index (χ3n) is 5.54. The summed E-state index contributed by atoms with van der Waals surface area (Å²) in [5, 5.41) is 2.97. The summed E-state index contributed by atoms with van der Waals surface area (Å²) in [6, 6.07) is 23.9. The summed E-state index contributed by atoms with van der Waals surface area (Å²) in [5.41, 5.74) is 2.49. The maximum Gasteiger partial charge on any atom is 0.273 e. The van der Waals surface area contributed by atoms with Gasteiger partial charge in [0.25, 0.3) is 5.91 Å². The van der Waals surface area contributed by atoms with Gasteiger partial charge in [-0.1, -0.05) is 60.7 Å². The van der Waals surface area contributed by atoms with E-state index < -0.39 is 0 Å². The number of benzene rings is 2. The Morgan fingerprint density at radius 3 is 2.25 bits per heavy atom. The van der Waals surface area contributed by atoms with Crippen molar-refractivity contribution in [1.29, 1.82) is 0 Å². The van der Waals surface area contributed by atoms with Gasteiger partial charge in [-0.15, -0.1) is 0 Å². The summed E-state index contributed by atoms with van der Waals surface area (Å²) < 4.78 is 11.2. The first-order valence-electron chi connectivity index (χ1n) is 10.7. The number of nitrogens with one attached hydrogen (secondary N) is 1. The van der Waals surface area contributed by atoms with Crippen molar-refractivity contribution in [2.45, 2.75) is 39.0 Å². The number of nitrogens with zero attached hydrogens (tertiary/aromatic N) is 2. The first kappa shape index (κ1) is 21.6. The van der Waals surface area contributed by atoms with Crippen molar-refractivity contribution in [2.75, 3.05) is 0 Å². The molecule has 0 aliphatic heterocycles. The number of carbonyl (C=O) groups is 1. The lowest BCUT2D eigenvalue weighted by atomic mass is 10.1. The van der Waals surface area contributed by atoms with E-state index >= 15 is 0 Å². The monoisotopic (exact) mass is 429 g/mol. The largest absolute Gasteiger partial charge is 0.468 e. The fourth-order valence-corrected chi connectivity index (χ4v) is 3.63. The van der Waals surface area contributed by atoms with Crippen LogP contribution in [0.2, 0.25) is 0 Å². The maximum atomic E-state index is 12.7. The van der Waals surface area contributed by atoms with Crippen molar-refractivity contribution in [3.8, 4) is 0 Å². The predicted molar refractivity (Wildman–Crippen MR) is 122 cm³/mol. The van der Waals surface area contributed by atoms with E-state index in [4.69, 9.17) is 8.83 Å². The molecule has 4 rings (SSSR count). The van der Waals surface area contributed by atoms with Crippen molar-refractivity contribution < 1.29 is 13.6 Å². The predicted octanol–water partition coefficient (Wildman–Crippen LogP) is 5.52. The smallest absolute Gasteiger partial charge is 0.273 e. The van der Waals surface area contributed by atoms with Gasteiger partial charge in [-0.25, -0.2) is 4.98 Å². The van der Waals surface area contributed by atoms with Gasteiger partial charge in [0, 0.05) is 6.04 Å². The summed E-state index contributed by atoms with van der Waals surface area (Å²) in [4.78, 5) is 19.3. The van der Waals surface area contributed by atoms with Crippen LogP contribution in [-0.4, -0.2) is 15.8 Å². The number of carbonyl (C=O) groups excluding carboxylic acids is 1. The zero-order chi connectivity index (χ0) is 22.3. The van der Waals surface area contributed by atoms with Gasteiger partial charge in [0.2, 0.25) is 5.89 Å². The normalized spacial score (nSPS) is 13.1. The molecule has 0 saturated carbocycles. The van der Waals surface area contributed by atoms with Crippen LogP contribution in [0.1, 0.15) is 59.2 Å². The van der Waals surface area contributed by atoms with E-state index in [9.17, 15) is 4.79 Å². The summed E-state index contributed by atoms with van der Waals surface area (Å²) in [6.45, 7) is 5.12. The lowest BCUT2D eigenvalue weighted by Gasteiger charge is -2.27. The molecular formula is C26H27N3O3. The molecule has 1 amide bonds. The number of oxazole rings is 1. The Kier molecular flexibility index (Phi) is 6.82. The number of hydrogen-bond acceptors (Lipinski definition) is 5. The molecule has 2 unspecified atom stereocenters. The Morgan fingerprint density at radius 1 is 0.906 bits per heavy atom. The lowest BCUT2D eigenvalue weighted by molar-refractivity contribution is 0.0934. The van der Waals surface area contributed by atoms with Crippen LogP contribution < -0.4 is 5.32 Å². The molecule has 6 heteroatoms. The number of aromatic nitrogens is 1. The molecule has 2 atom stereocenters. The van der Waals surface area contributed by atoms with E-state index in [1.165, 1.54) is 11.8 Å². The summed E-state index contributed by atoms with van der Waals surface area (Å²) in [6.07, 6.45) is 3.09. The van der Waals surface area contributed by atoms with Gasteiger partial charge in [-0.05, 0) is 37.1 Å². The van der Waals surface area contributed by atoms with E-state index in [2.05, 4.69) is 34.3 Å². The van der Waals surface area contributed by atoms with Crippen LogP contribution in [-0.2, 0) is 13.1 Å². The van der Waals surface area contributed by atoms with Crippen LogP contribution in [0, 0.1) is 0 Å². The molecule has 2 aromatic heterocycles. The summed E-state index contributed by atoms with van der Waals surface area (Å²) in [5.74, 6) is 1.08. The number of hydrogen-bond donors (Lipinski definition) is 1. The van der Waals surface area contributed by atoms with E-state index in [0.717, 1.165) is 11.3 Å². The minimum absolute atomic E-state index is 0.101. The fraction of sp³-hybridized carbons (Fsp3) is 0.231. The third kappa shape index (κ3) is 5.34. The lowest BCUT2D eigenvalue weighted by Crippen LogP contribution is -2.28. The minimum atomic E-state index is -0.259. The summed E-state index contributed by atoms with van der Waals surface area (Å²) >= 11 is 0. The maximum absolute atomic E-state index is 12.7. The average molecular weight is 430 g/mol. The van der Waals surface area contributed by atoms with Gasteiger partial charge >= 0.3 is 0 Å². The molecule has 2 aromatic carbocycles. The van der Waals surface area contributed by atoms with Crippen LogP contribution in [0.15, 0.2) is 94.2 Å². The van der Waals surface area contributed by atoms with Crippen LogP contribution in [0.3, 0.4) is 0 Å². The summed E-state index contributed by atoms with van der Waals surface area (Å²) in [7, 11) is 0. The van der Waals surface area contributed by atoms with Crippen LogP contribution >= 0.6 is 0 Å². The molecule has 4 aromatic rings. The Morgan fingerprint density at radius 2 is 1.59 bits per heavy atom. The minimum Gasteiger partial charge on any atom is -0.468 e. The van der Waals surface area contributed by atoms with Gasteiger partial charge in [0.1, 0.15) is 12.0 Å². The van der Waals surface area contributed by atoms with Gasteiger partial charge in [-0.2, -0.15) is 0 Å². The number of furan rings is 1. The second kappa shape index (κ2) is 10.1. The zero-order valence-corrected chi connectivity index (χ0v) is 18.3. The van der Waals surface area contributed by atoms with Crippen molar-refractivity contribution in [3.63, 3.8) is 0 Å². The second-order valence-corrected chi connectivity index (χ2v) is 7.80. The molecule has 32 heavy (non-hydrogen) atoms. The molecule has 0 bridgehead atoms. The highest BCUT2D eigenvalue weighted by atomic mass is 16.3. The number of amides is 1.